The normalized spacial score (nSPS) is 13.3. The Balaban J connectivity index is 3.60. The summed E-state index contributed by atoms with van der Waals surface area (Å²) < 4.78 is 0. The molecule has 0 amide bonds. The molecule has 0 spiro atoms. The van der Waals surface area contributed by atoms with Crippen molar-refractivity contribution in [3.63, 3.8) is 0 Å². The molecule has 1 nitrogen and oxygen atoms in total. The highest BCUT2D eigenvalue weighted by Gasteiger charge is 2.11. The molecule has 0 saturated carbocycles. The summed E-state index contributed by atoms with van der Waals surface area (Å²) in [5.74, 6) is 1.78. The number of unbranched alkanes of at least 4 members (excludes halogenated alkanes) is 1. The Kier molecular flexibility index (Phi) is 8.63. The molecule has 1 unspecified atom stereocenters. The van der Waals surface area contributed by atoms with Gasteiger partial charge in [0.05, 0.1) is 0 Å². The molecule has 13 heavy (non-hydrogen) atoms. The highest BCUT2D eigenvalue weighted by Crippen LogP contribution is 2.23. The zero-order valence-corrected chi connectivity index (χ0v) is 9.68. The third-order valence-electron chi connectivity index (χ3n) is 2.59. The van der Waals surface area contributed by atoms with E-state index in [2.05, 4.69) is 20.8 Å². The van der Waals surface area contributed by atoms with Crippen LogP contribution in [0.15, 0.2) is 0 Å². The van der Waals surface area contributed by atoms with Crippen LogP contribution >= 0.6 is 0 Å². The van der Waals surface area contributed by atoms with E-state index in [1.165, 1.54) is 39.4 Å². The van der Waals surface area contributed by atoms with Crippen LogP contribution in [-0.4, -0.2) is 13.8 Å². The van der Waals surface area contributed by atoms with Gasteiger partial charge in [0.25, 0.3) is 0 Å². The zero-order valence-electron chi connectivity index (χ0n) is 9.68. The average Bonchev–Trinajstić information content (AvgIpc) is 2.09. The largest absolute Gasteiger partial charge is 0.330 e. The molecule has 1 atom stereocenters. The maximum Gasteiger partial charge on any atom is 0.126 e. The maximum atomic E-state index is 5.54. The fraction of sp³-hybridized carbons (Fsp3) is 1.00. The molecule has 0 fully saturated rings. The van der Waals surface area contributed by atoms with Crippen LogP contribution in [0.5, 0.6) is 0 Å². The first kappa shape index (κ1) is 13.0. The third-order valence-corrected chi connectivity index (χ3v) is 2.59. The van der Waals surface area contributed by atoms with Crippen LogP contribution in [0.2, 0.25) is 11.6 Å². The summed E-state index contributed by atoms with van der Waals surface area (Å²) in [6, 6.07) is 0. The second kappa shape index (κ2) is 8.62. The first-order valence-electron chi connectivity index (χ1n) is 5.90. The van der Waals surface area contributed by atoms with Gasteiger partial charge >= 0.3 is 0 Å². The smallest absolute Gasteiger partial charge is 0.126 e. The minimum atomic E-state index is 0.847. The van der Waals surface area contributed by atoms with Gasteiger partial charge in [-0.05, 0) is 13.0 Å². The van der Waals surface area contributed by atoms with Gasteiger partial charge in [0.15, 0.2) is 0 Å². The van der Waals surface area contributed by atoms with Crippen LogP contribution in [0.1, 0.15) is 52.9 Å². The van der Waals surface area contributed by atoms with Crippen LogP contribution in [0.25, 0.3) is 0 Å². The van der Waals surface area contributed by atoms with Gasteiger partial charge in [-0.25, -0.2) is 0 Å². The van der Waals surface area contributed by atoms with E-state index in [0.717, 1.165) is 18.2 Å². The molecule has 0 bridgehead atoms. The van der Waals surface area contributed by atoms with Crippen molar-refractivity contribution in [1.29, 1.82) is 0 Å². The molecule has 0 saturated heterocycles. The highest BCUT2D eigenvalue weighted by molar-refractivity contribution is 6.39. The van der Waals surface area contributed by atoms with Crippen molar-refractivity contribution >= 4 is 7.28 Å². The monoisotopic (exact) mass is 183 g/mol. The molecule has 0 aliphatic rings. The van der Waals surface area contributed by atoms with Gasteiger partial charge in [-0.15, -0.1) is 0 Å². The Labute approximate surface area is 84.7 Å². The van der Waals surface area contributed by atoms with E-state index in [1.54, 1.807) is 0 Å². The maximum absolute atomic E-state index is 5.54. The molecule has 0 radical (unpaired) electrons. The molecule has 0 aromatic heterocycles. The van der Waals surface area contributed by atoms with Gasteiger partial charge in [0.2, 0.25) is 0 Å². The summed E-state index contributed by atoms with van der Waals surface area (Å²) in [4.78, 5) is 0. The lowest BCUT2D eigenvalue weighted by molar-refractivity contribution is 0.602. The number of nitrogens with two attached hydrogens (primary N) is 1. The molecular weight excluding hydrogens is 157 g/mol. The minimum Gasteiger partial charge on any atom is -0.330 e. The Bertz CT molecular complexity index is 96.3. The minimum absolute atomic E-state index is 0.847. The van der Waals surface area contributed by atoms with Crippen LogP contribution < -0.4 is 5.73 Å². The van der Waals surface area contributed by atoms with Gasteiger partial charge in [-0.3, -0.25) is 0 Å². The molecular formula is C11H26BN. The fourth-order valence-electron chi connectivity index (χ4n) is 1.95. The lowest BCUT2D eigenvalue weighted by Crippen LogP contribution is -2.09. The lowest BCUT2D eigenvalue weighted by Gasteiger charge is -2.16. The van der Waals surface area contributed by atoms with Gasteiger partial charge in [-0.1, -0.05) is 58.1 Å². The van der Waals surface area contributed by atoms with Gasteiger partial charge in [-0.2, -0.15) is 0 Å². The SMILES string of the molecule is CCCCC(BC(C)C)CCCN. The molecule has 2 heteroatoms. The Hall–Kier alpha value is 0.0249. The van der Waals surface area contributed by atoms with Crippen molar-refractivity contribution in [1.82, 2.24) is 0 Å². The van der Waals surface area contributed by atoms with E-state index in [4.69, 9.17) is 5.73 Å². The van der Waals surface area contributed by atoms with E-state index in [1.807, 2.05) is 0 Å². The lowest BCUT2D eigenvalue weighted by atomic mass is 9.53. The molecule has 0 aliphatic carbocycles. The molecule has 0 aromatic carbocycles. The fourth-order valence-corrected chi connectivity index (χ4v) is 1.95. The van der Waals surface area contributed by atoms with E-state index in [-0.39, 0.29) is 0 Å². The standard InChI is InChI=1S/C11H26BN/c1-4-5-7-11(8-6-9-13)12-10(2)3/h10-12H,4-9,13H2,1-3H3. The zero-order chi connectivity index (χ0) is 10.1. The number of hydrogen-bond donors (Lipinski definition) is 1. The Morgan fingerprint density at radius 3 is 2.23 bits per heavy atom. The first-order valence-corrected chi connectivity index (χ1v) is 5.90. The van der Waals surface area contributed by atoms with Crippen molar-refractivity contribution in [2.24, 2.45) is 5.73 Å². The number of hydrogen-bond acceptors (Lipinski definition) is 1. The van der Waals surface area contributed by atoms with Crippen LogP contribution in [0.4, 0.5) is 0 Å². The van der Waals surface area contributed by atoms with Crippen molar-refractivity contribution < 1.29 is 0 Å². The Morgan fingerprint density at radius 2 is 1.77 bits per heavy atom. The summed E-state index contributed by atoms with van der Waals surface area (Å²) in [6.07, 6.45) is 6.68. The van der Waals surface area contributed by atoms with Crippen molar-refractivity contribution in [2.45, 2.75) is 64.5 Å². The third kappa shape index (κ3) is 8.36. The topological polar surface area (TPSA) is 26.0 Å². The van der Waals surface area contributed by atoms with E-state index >= 15 is 0 Å². The highest BCUT2D eigenvalue weighted by atomic mass is 14.5. The Morgan fingerprint density at radius 1 is 1.15 bits per heavy atom. The van der Waals surface area contributed by atoms with Gasteiger partial charge < -0.3 is 5.73 Å². The molecule has 2 N–H and O–H groups in total. The van der Waals surface area contributed by atoms with Crippen molar-refractivity contribution in [2.75, 3.05) is 6.54 Å². The summed E-state index contributed by atoms with van der Waals surface area (Å²) >= 11 is 0. The molecule has 0 heterocycles. The molecule has 78 valence electrons. The number of rotatable bonds is 8. The van der Waals surface area contributed by atoms with E-state index < -0.39 is 0 Å². The van der Waals surface area contributed by atoms with E-state index in [9.17, 15) is 0 Å². The van der Waals surface area contributed by atoms with Crippen LogP contribution in [0.3, 0.4) is 0 Å². The van der Waals surface area contributed by atoms with E-state index in [0.29, 0.717) is 0 Å². The van der Waals surface area contributed by atoms with Gasteiger partial charge in [0.1, 0.15) is 7.28 Å². The predicted octanol–water partition coefficient (Wildman–Crippen LogP) is 2.97. The van der Waals surface area contributed by atoms with Crippen LogP contribution in [0, 0.1) is 0 Å². The first-order chi connectivity index (χ1) is 6.20. The molecule has 0 aromatic rings. The molecule has 0 aliphatic heterocycles. The summed E-state index contributed by atoms with van der Waals surface area (Å²) in [7, 11) is 1.39. The second-order valence-corrected chi connectivity index (χ2v) is 4.57. The van der Waals surface area contributed by atoms with Gasteiger partial charge in [0, 0.05) is 0 Å². The predicted molar refractivity (Wildman–Crippen MR) is 63.8 cm³/mol. The van der Waals surface area contributed by atoms with Crippen LogP contribution in [-0.2, 0) is 0 Å². The van der Waals surface area contributed by atoms with Crippen molar-refractivity contribution in [3.8, 4) is 0 Å². The average molecular weight is 183 g/mol. The van der Waals surface area contributed by atoms with Crippen molar-refractivity contribution in [3.05, 3.63) is 0 Å². The molecule has 0 rings (SSSR count). The summed E-state index contributed by atoms with van der Waals surface area (Å²) in [5, 5.41) is 0. The second-order valence-electron chi connectivity index (χ2n) is 4.57. The summed E-state index contributed by atoms with van der Waals surface area (Å²) in [5.41, 5.74) is 5.54. The quantitative estimate of drug-likeness (QED) is 0.575. The summed E-state index contributed by atoms with van der Waals surface area (Å²) in [6.45, 7) is 7.78.